The summed E-state index contributed by atoms with van der Waals surface area (Å²) >= 11 is 13.3. The second kappa shape index (κ2) is 10.4. The Morgan fingerprint density at radius 3 is 2.60 bits per heavy atom. The van der Waals surface area contributed by atoms with Crippen molar-refractivity contribution in [2.75, 3.05) is 17.3 Å². The van der Waals surface area contributed by atoms with Crippen LogP contribution in [0.4, 0.5) is 10.5 Å². The summed E-state index contributed by atoms with van der Waals surface area (Å²) in [5.74, 6) is -0.716. The molecular formula is C15H19Cl2N3O4S. The van der Waals surface area contributed by atoms with E-state index in [0.717, 1.165) is 0 Å². The lowest BCUT2D eigenvalue weighted by molar-refractivity contribution is -0.155. The molecule has 0 fully saturated rings. The van der Waals surface area contributed by atoms with E-state index in [1.165, 1.54) is 30.8 Å². The quantitative estimate of drug-likeness (QED) is 0.573. The number of esters is 1. The molecule has 0 aliphatic rings. The molecule has 0 aliphatic heterocycles. The maximum atomic E-state index is 12.2. The molecule has 4 N–H and O–H groups in total. The van der Waals surface area contributed by atoms with Crippen LogP contribution in [0.15, 0.2) is 18.2 Å². The number of carbonyl (C=O) groups is 3. The Hall–Kier alpha value is -1.64. The number of benzene rings is 1. The Balaban J connectivity index is 2.69. The predicted octanol–water partition coefficient (Wildman–Crippen LogP) is 2.65. The van der Waals surface area contributed by atoms with Crippen molar-refractivity contribution in [3.8, 4) is 0 Å². The van der Waals surface area contributed by atoms with E-state index in [2.05, 4.69) is 10.6 Å². The average molecular weight is 408 g/mol. The fraction of sp³-hybridized carbons (Fsp3) is 0.400. The van der Waals surface area contributed by atoms with E-state index >= 15 is 0 Å². The monoisotopic (exact) mass is 407 g/mol. The van der Waals surface area contributed by atoms with E-state index in [0.29, 0.717) is 27.9 Å². The molecule has 1 aromatic carbocycles. The van der Waals surface area contributed by atoms with Crippen LogP contribution in [0.1, 0.15) is 13.3 Å². The van der Waals surface area contributed by atoms with Gasteiger partial charge in [-0.15, -0.1) is 0 Å². The van der Waals surface area contributed by atoms with Gasteiger partial charge in [0.05, 0.1) is 10.7 Å². The molecule has 0 bridgehead atoms. The fourth-order valence-corrected chi connectivity index (χ4v) is 2.60. The number of carbonyl (C=O) groups excluding carboxylic acids is 3. The maximum Gasteiger partial charge on any atom is 0.329 e. The summed E-state index contributed by atoms with van der Waals surface area (Å²) in [5, 5.41) is 5.53. The van der Waals surface area contributed by atoms with Crippen molar-refractivity contribution >= 4 is 58.6 Å². The van der Waals surface area contributed by atoms with Crippen LogP contribution in [0.5, 0.6) is 0 Å². The highest BCUT2D eigenvalue weighted by Gasteiger charge is 2.26. The summed E-state index contributed by atoms with van der Waals surface area (Å²) in [6, 6.07) is 2.83. The number of hydrogen-bond acceptors (Lipinski definition) is 5. The topological polar surface area (TPSA) is 111 Å². The van der Waals surface area contributed by atoms with Crippen LogP contribution in [-0.2, 0) is 14.3 Å². The zero-order chi connectivity index (χ0) is 19.0. The summed E-state index contributed by atoms with van der Waals surface area (Å²) in [4.78, 5) is 35.3. The third kappa shape index (κ3) is 7.41. The second-order valence-electron chi connectivity index (χ2n) is 5.04. The second-order valence-corrected chi connectivity index (χ2v) is 6.86. The van der Waals surface area contributed by atoms with Crippen LogP contribution < -0.4 is 16.4 Å². The van der Waals surface area contributed by atoms with E-state index in [9.17, 15) is 14.4 Å². The van der Waals surface area contributed by atoms with Gasteiger partial charge in [-0.3, -0.25) is 4.79 Å². The highest BCUT2D eigenvalue weighted by Crippen LogP contribution is 2.25. The van der Waals surface area contributed by atoms with Crippen LogP contribution in [0.2, 0.25) is 10.0 Å². The molecule has 0 aliphatic carbocycles. The lowest BCUT2D eigenvalue weighted by Crippen LogP contribution is -2.46. The zero-order valence-corrected chi connectivity index (χ0v) is 16.0. The molecule has 138 valence electrons. The number of primary amides is 1. The minimum absolute atomic E-state index is 0.296. The van der Waals surface area contributed by atoms with Crippen LogP contribution >= 0.6 is 35.0 Å². The third-order valence-corrected chi connectivity index (χ3v) is 4.27. The lowest BCUT2D eigenvalue weighted by Gasteiger charge is -2.19. The van der Waals surface area contributed by atoms with Crippen molar-refractivity contribution in [1.29, 1.82) is 0 Å². The Morgan fingerprint density at radius 2 is 2.00 bits per heavy atom. The van der Waals surface area contributed by atoms with E-state index in [4.69, 9.17) is 33.7 Å². The van der Waals surface area contributed by atoms with Crippen LogP contribution in [0, 0.1) is 0 Å². The molecule has 0 aromatic heterocycles. The maximum absolute atomic E-state index is 12.2. The Morgan fingerprint density at radius 1 is 1.32 bits per heavy atom. The van der Waals surface area contributed by atoms with E-state index in [1.807, 2.05) is 6.26 Å². The van der Waals surface area contributed by atoms with Crippen molar-refractivity contribution in [2.24, 2.45) is 5.73 Å². The average Bonchev–Trinajstić information content (AvgIpc) is 2.54. The van der Waals surface area contributed by atoms with Gasteiger partial charge >= 0.3 is 12.0 Å². The molecule has 0 saturated carbocycles. The summed E-state index contributed by atoms with van der Waals surface area (Å²) in [6.07, 6.45) is 1.09. The van der Waals surface area contributed by atoms with Crippen molar-refractivity contribution in [3.05, 3.63) is 28.2 Å². The van der Waals surface area contributed by atoms with Gasteiger partial charge in [0.1, 0.15) is 6.04 Å². The number of hydrogen-bond donors (Lipinski definition) is 3. The molecule has 0 spiro atoms. The van der Waals surface area contributed by atoms with Crippen LogP contribution in [0.3, 0.4) is 0 Å². The SMILES string of the molecule is CSCC[C@H](NC(N)=O)C(=O)O[C@H](C)C(=O)Nc1cc(Cl)ccc1Cl. The number of amides is 3. The number of nitrogens with one attached hydrogen (secondary N) is 2. The molecule has 7 nitrogen and oxygen atoms in total. The number of anilines is 1. The van der Waals surface area contributed by atoms with E-state index in [1.54, 1.807) is 6.07 Å². The van der Waals surface area contributed by atoms with Crippen molar-refractivity contribution in [3.63, 3.8) is 0 Å². The van der Waals surface area contributed by atoms with Gasteiger partial charge in [-0.1, -0.05) is 23.2 Å². The smallest absolute Gasteiger partial charge is 0.329 e. The van der Waals surface area contributed by atoms with Crippen LogP contribution in [-0.4, -0.2) is 42.1 Å². The number of halogens is 2. The largest absolute Gasteiger partial charge is 0.451 e. The van der Waals surface area contributed by atoms with Gasteiger partial charge in [-0.25, -0.2) is 9.59 Å². The molecule has 2 atom stereocenters. The predicted molar refractivity (Wildman–Crippen MR) is 100 cm³/mol. The first kappa shape index (κ1) is 21.4. The first-order chi connectivity index (χ1) is 11.7. The van der Waals surface area contributed by atoms with Gasteiger partial charge in [0.15, 0.2) is 6.10 Å². The summed E-state index contributed by atoms with van der Waals surface area (Å²) in [7, 11) is 0. The number of ether oxygens (including phenoxy) is 1. The zero-order valence-electron chi connectivity index (χ0n) is 13.7. The van der Waals surface area contributed by atoms with Gasteiger partial charge in [0, 0.05) is 5.02 Å². The van der Waals surface area contributed by atoms with Gasteiger partial charge in [-0.05, 0) is 43.6 Å². The molecule has 0 unspecified atom stereocenters. The molecule has 0 saturated heterocycles. The standard InChI is InChI=1S/C15H19Cl2N3O4S/c1-8(13(21)19-12-7-9(16)3-4-10(12)17)24-14(22)11(5-6-25-2)20-15(18)23/h3-4,7-8,11H,5-6H2,1-2H3,(H,19,21)(H3,18,20,23)/t8-,11+/m1/s1. The third-order valence-electron chi connectivity index (χ3n) is 3.06. The molecule has 0 radical (unpaired) electrons. The highest BCUT2D eigenvalue weighted by atomic mass is 35.5. The summed E-state index contributed by atoms with van der Waals surface area (Å²) < 4.78 is 5.11. The van der Waals surface area contributed by atoms with Crippen molar-refractivity contribution < 1.29 is 19.1 Å². The molecule has 0 heterocycles. The van der Waals surface area contributed by atoms with Gasteiger partial charge in [0.25, 0.3) is 5.91 Å². The molecular weight excluding hydrogens is 389 g/mol. The lowest BCUT2D eigenvalue weighted by atomic mass is 10.2. The van der Waals surface area contributed by atoms with Crippen molar-refractivity contribution in [2.45, 2.75) is 25.5 Å². The summed E-state index contributed by atoms with van der Waals surface area (Å²) in [6.45, 7) is 1.40. The van der Waals surface area contributed by atoms with Gasteiger partial charge in [-0.2, -0.15) is 11.8 Å². The first-order valence-corrected chi connectivity index (χ1v) is 9.41. The van der Waals surface area contributed by atoms with E-state index in [-0.39, 0.29) is 0 Å². The number of thioether (sulfide) groups is 1. The fourth-order valence-electron chi connectivity index (χ4n) is 1.79. The minimum atomic E-state index is -1.10. The van der Waals surface area contributed by atoms with Crippen LogP contribution in [0.25, 0.3) is 0 Å². The Labute approximate surface area is 159 Å². The molecule has 1 rings (SSSR count). The number of urea groups is 1. The van der Waals surface area contributed by atoms with Gasteiger partial charge < -0.3 is 21.1 Å². The van der Waals surface area contributed by atoms with E-state index < -0.39 is 30.1 Å². The first-order valence-electron chi connectivity index (χ1n) is 7.26. The Bertz CT molecular complexity index is 645. The molecule has 3 amide bonds. The minimum Gasteiger partial charge on any atom is -0.451 e. The molecule has 25 heavy (non-hydrogen) atoms. The Kier molecular flexibility index (Phi) is 8.88. The normalized spacial score (nSPS) is 12.8. The van der Waals surface area contributed by atoms with Crippen molar-refractivity contribution in [1.82, 2.24) is 5.32 Å². The highest BCUT2D eigenvalue weighted by molar-refractivity contribution is 7.98. The number of nitrogens with two attached hydrogens (primary N) is 1. The molecule has 1 aromatic rings. The molecule has 10 heteroatoms. The van der Waals surface area contributed by atoms with Gasteiger partial charge in [0.2, 0.25) is 0 Å². The summed E-state index contributed by atoms with van der Waals surface area (Å²) in [5.41, 5.74) is 5.36. The number of rotatable bonds is 8.